The lowest BCUT2D eigenvalue weighted by molar-refractivity contribution is -0.192. The highest BCUT2D eigenvalue weighted by Crippen LogP contribution is 2.30. The first-order valence-corrected chi connectivity index (χ1v) is 11.9. The van der Waals surface area contributed by atoms with Gasteiger partial charge in [0.05, 0.1) is 17.7 Å². The number of guanidine groups is 1. The normalized spacial score (nSPS) is 14.3. The van der Waals surface area contributed by atoms with Crippen molar-refractivity contribution in [2.75, 3.05) is 18.0 Å². The Labute approximate surface area is 218 Å². The summed E-state index contributed by atoms with van der Waals surface area (Å²) >= 11 is 0. The fourth-order valence-corrected chi connectivity index (χ4v) is 3.81. The smallest absolute Gasteiger partial charge is 0.481 e. The van der Waals surface area contributed by atoms with Gasteiger partial charge < -0.3 is 31.5 Å². The number of nitrogens with two attached hydrogens (primary N) is 2. The number of halogens is 3. The van der Waals surface area contributed by atoms with Crippen LogP contribution in [0, 0.1) is 0 Å². The van der Waals surface area contributed by atoms with Crippen LogP contribution in [0.25, 0.3) is 0 Å². The van der Waals surface area contributed by atoms with Gasteiger partial charge in [-0.1, -0.05) is 12.5 Å². The van der Waals surface area contributed by atoms with Crippen LogP contribution >= 0.6 is 0 Å². The zero-order valence-corrected chi connectivity index (χ0v) is 21.5. The molecule has 14 heteroatoms. The summed E-state index contributed by atoms with van der Waals surface area (Å²) in [5.41, 5.74) is 12.7. The van der Waals surface area contributed by atoms with E-state index in [4.69, 9.17) is 26.5 Å². The Morgan fingerprint density at radius 2 is 1.68 bits per heavy atom. The van der Waals surface area contributed by atoms with Crippen molar-refractivity contribution in [1.29, 1.82) is 0 Å². The number of aryl methyl sites for hydroxylation is 1. The Hall–Kier alpha value is -3.84. The van der Waals surface area contributed by atoms with Crippen molar-refractivity contribution in [3.63, 3.8) is 0 Å². The van der Waals surface area contributed by atoms with Gasteiger partial charge in [0.2, 0.25) is 5.91 Å². The molecular weight excluding hydrogens is 511 g/mol. The minimum Gasteiger partial charge on any atom is -0.481 e. The molecule has 38 heavy (non-hydrogen) atoms. The fourth-order valence-electron chi connectivity index (χ4n) is 3.81. The lowest BCUT2D eigenvalue weighted by Gasteiger charge is -2.28. The summed E-state index contributed by atoms with van der Waals surface area (Å²) in [5, 5.41) is 16.3. The molecule has 2 amide bonds. The summed E-state index contributed by atoms with van der Waals surface area (Å²) in [6.45, 7) is 5.90. The second-order valence-corrected chi connectivity index (χ2v) is 9.01. The van der Waals surface area contributed by atoms with Crippen LogP contribution < -0.4 is 16.4 Å². The van der Waals surface area contributed by atoms with E-state index in [0.717, 1.165) is 31.2 Å². The standard InChI is InChI=1S/C22H33N5O4.C2HF3O2/c1-14(2)27-18-9-8-16(7-5-4-6-10-25-22(23)24)12-17(18)21(31)26(13-19(27)28)15(3)11-20(29)30;3-2(4,5)1(6)7/h8-9,12,14-15H,4-7,10-11,13H2,1-3H3,(H,29,30)(H4,23,24,25);(H,6,7). The average Bonchev–Trinajstić information content (AvgIpc) is 2.89. The molecule has 0 aliphatic carbocycles. The van der Waals surface area contributed by atoms with E-state index in [1.54, 1.807) is 11.8 Å². The topological polar surface area (TPSA) is 180 Å². The molecule has 212 valence electrons. The van der Waals surface area contributed by atoms with E-state index in [1.807, 2.05) is 32.0 Å². The van der Waals surface area contributed by atoms with Crippen LogP contribution in [0.2, 0.25) is 0 Å². The number of hydrogen-bond donors (Lipinski definition) is 4. The van der Waals surface area contributed by atoms with Crippen molar-refractivity contribution in [3.8, 4) is 0 Å². The van der Waals surface area contributed by atoms with Gasteiger partial charge in [-0.05, 0) is 57.7 Å². The molecule has 0 radical (unpaired) electrons. The summed E-state index contributed by atoms with van der Waals surface area (Å²) in [6.07, 6.45) is -1.79. The summed E-state index contributed by atoms with van der Waals surface area (Å²) in [5.74, 6) is -4.20. The van der Waals surface area contributed by atoms with E-state index in [2.05, 4.69) is 4.99 Å². The van der Waals surface area contributed by atoms with Gasteiger partial charge in [0.25, 0.3) is 5.91 Å². The Morgan fingerprint density at radius 1 is 1.08 bits per heavy atom. The number of carboxylic acids is 2. The van der Waals surface area contributed by atoms with Gasteiger partial charge in [-0.25, -0.2) is 4.79 Å². The fraction of sp³-hybridized carbons (Fsp3) is 0.542. The summed E-state index contributed by atoms with van der Waals surface area (Å²) < 4.78 is 31.7. The van der Waals surface area contributed by atoms with E-state index < -0.39 is 24.2 Å². The number of carbonyl (C=O) groups excluding carboxylic acids is 2. The van der Waals surface area contributed by atoms with Crippen LogP contribution in [-0.2, 0) is 20.8 Å². The number of anilines is 1. The Morgan fingerprint density at radius 3 is 2.18 bits per heavy atom. The van der Waals surface area contributed by atoms with Gasteiger partial charge in [0, 0.05) is 18.6 Å². The number of aliphatic carboxylic acids is 2. The molecule has 0 saturated carbocycles. The SMILES string of the molecule is CC(CC(=O)O)N1CC(=O)N(C(C)C)c2ccc(CCCCCN=C(N)N)cc2C1=O.O=C(O)C(F)(F)F. The van der Waals surface area contributed by atoms with Gasteiger partial charge in [-0.15, -0.1) is 0 Å². The molecule has 1 heterocycles. The lowest BCUT2D eigenvalue weighted by Crippen LogP contribution is -2.46. The minimum atomic E-state index is -5.08. The van der Waals surface area contributed by atoms with E-state index >= 15 is 0 Å². The van der Waals surface area contributed by atoms with E-state index in [0.29, 0.717) is 17.8 Å². The second kappa shape index (κ2) is 14.2. The number of fused-ring (bicyclic) bond motifs is 1. The van der Waals surface area contributed by atoms with Crippen LogP contribution in [0.15, 0.2) is 23.2 Å². The molecule has 1 aromatic rings. The first kappa shape index (κ1) is 32.2. The minimum absolute atomic E-state index is 0.0928. The molecule has 6 N–H and O–H groups in total. The van der Waals surface area contributed by atoms with Crippen molar-refractivity contribution in [3.05, 3.63) is 29.3 Å². The molecule has 1 aliphatic rings. The molecule has 1 aliphatic heterocycles. The predicted molar refractivity (Wildman–Crippen MR) is 134 cm³/mol. The van der Waals surface area contributed by atoms with Crippen molar-refractivity contribution in [2.24, 2.45) is 16.5 Å². The molecule has 0 bridgehead atoms. The maximum Gasteiger partial charge on any atom is 0.490 e. The number of benzene rings is 1. The number of unbranched alkanes of at least 4 members (excludes halogenated alkanes) is 2. The summed E-state index contributed by atoms with van der Waals surface area (Å²) in [6, 6.07) is 4.89. The number of hydrogen-bond acceptors (Lipinski definition) is 5. The number of carboxylic acid groups (broad SMARTS) is 2. The third-order valence-electron chi connectivity index (χ3n) is 5.57. The first-order valence-electron chi connectivity index (χ1n) is 11.9. The number of nitrogens with zero attached hydrogens (tertiary/aromatic N) is 3. The molecule has 0 spiro atoms. The zero-order chi connectivity index (χ0) is 29.2. The summed E-state index contributed by atoms with van der Waals surface area (Å²) in [4.78, 5) is 53.3. The lowest BCUT2D eigenvalue weighted by atomic mass is 10.0. The molecule has 0 fully saturated rings. The molecule has 0 aromatic heterocycles. The van der Waals surface area contributed by atoms with Crippen molar-refractivity contribution in [1.82, 2.24) is 4.90 Å². The highest BCUT2D eigenvalue weighted by molar-refractivity contribution is 6.10. The quantitative estimate of drug-likeness (QED) is 0.196. The van der Waals surface area contributed by atoms with Crippen LogP contribution in [0.3, 0.4) is 0 Å². The van der Waals surface area contributed by atoms with E-state index in [9.17, 15) is 27.6 Å². The molecule has 1 atom stereocenters. The van der Waals surface area contributed by atoms with Gasteiger partial charge in [0.1, 0.15) is 6.54 Å². The number of carbonyl (C=O) groups is 4. The molecule has 11 nitrogen and oxygen atoms in total. The molecule has 1 aromatic carbocycles. The van der Waals surface area contributed by atoms with E-state index in [-0.39, 0.29) is 36.8 Å². The van der Waals surface area contributed by atoms with Crippen LogP contribution in [0.4, 0.5) is 18.9 Å². The summed E-state index contributed by atoms with van der Waals surface area (Å²) in [7, 11) is 0. The average molecular weight is 546 g/mol. The van der Waals surface area contributed by atoms with Gasteiger partial charge >= 0.3 is 18.1 Å². The highest BCUT2D eigenvalue weighted by atomic mass is 19.4. The largest absolute Gasteiger partial charge is 0.490 e. The van der Waals surface area contributed by atoms with Crippen LogP contribution in [-0.4, -0.2) is 76.2 Å². The predicted octanol–water partition coefficient (Wildman–Crippen LogP) is 2.37. The molecule has 2 rings (SSSR count). The van der Waals surface area contributed by atoms with Gasteiger partial charge in [0.15, 0.2) is 5.96 Å². The van der Waals surface area contributed by atoms with Crippen molar-refractivity contribution < 1.29 is 42.6 Å². The molecular formula is C24H34F3N5O6. The number of alkyl halides is 3. The number of amides is 2. The third-order valence-corrected chi connectivity index (χ3v) is 5.57. The highest BCUT2D eigenvalue weighted by Gasteiger charge is 2.38. The molecule has 1 unspecified atom stereocenters. The Kier molecular flexibility index (Phi) is 12.0. The number of rotatable bonds is 10. The van der Waals surface area contributed by atoms with Crippen LogP contribution in [0.1, 0.15) is 62.4 Å². The monoisotopic (exact) mass is 545 g/mol. The first-order chi connectivity index (χ1) is 17.6. The van der Waals surface area contributed by atoms with Crippen molar-refractivity contribution >= 4 is 35.4 Å². The Bertz CT molecular complexity index is 1040. The van der Waals surface area contributed by atoms with Crippen LogP contribution in [0.5, 0.6) is 0 Å². The molecule has 0 saturated heterocycles. The van der Waals surface area contributed by atoms with Crippen molar-refractivity contribution in [2.45, 2.75) is 71.1 Å². The maximum absolute atomic E-state index is 13.3. The maximum atomic E-state index is 13.3. The zero-order valence-electron chi connectivity index (χ0n) is 21.5. The second-order valence-electron chi connectivity index (χ2n) is 9.01. The Balaban J connectivity index is 0.000000905. The third kappa shape index (κ3) is 9.90. The van der Waals surface area contributed by atoms with Gasteiger partial charge in [-0.2, -0.15) is 13.2 Å². The van der Waals surface area contributed by atoms with Gasteiger partial charge in [-0.3, -0.25) is 19.4 Å². The van der Waals surface area contributed by atoms with E-state index in [1.165, 1.54) is 4.90 Å². The number of aliphatic imine (C=N–C) groups is 1.